The molecule has 0 saturated heterocycles. The normalized spacial score (nSPS) is 16.4. The second kappa shape index (κ2) is 10.5. The van der Waals surface area contributed by atoms with Crippen LogP contribution in [0.15, 0.2) is 29.3 Å². The molecule has 2 N–H and O–H groups in total. The molecule has 5 heteroatoms. The molecule has 1 fully saturated rings. The van der Waals surface area contributed by atoms with Crippen molar-refractivity contribution in [2.75, 3.05) is 33.9 Å². The molecule has 0 aliphatic heterocycles. The van der Waals surface area contributed by atoms with E-state index in [9.17, 15) is 0 Å². The topological polar surface area (TPSA) is 45.7 Å². The van der Waals surface area contributed by atoms with Crippen LogP contribution in [0.1, 0.15) is 50.7 Å². The van der Waals surface area contributed by atoms with Crippen molar-refractivity contribution >= 4 is 29.9 Å². The van der Waals surface area contributed by atoms with Gasteiger partial charge in [0.2, 0.25) is 0 Å². The summed E-state index contributed by atoms with van der Waals surface area (Å²) in [5.41, 5.74) is 3.16. The van der Waals surface area contributed by atoms with Crippen LogP contribution in [0, 0.1) is 12.3 Å². The molecule has 0 bridgehead atoms. The molecule has 26 heavy (non-hydrogen) atoms. The number of hydrogen-bond acceptors (Lipinski definition) is 2. The number of nitrogens with zero attached hydrogens (tertiary/aromatic N) is 1. The molecule has 0 spiro atoms. The largest absolute Gasteiger partial charge is 0.385 e. The molecule has 0 amide bonds. The highest BCUT2D eigenvalue weighted by atomic mass is 127. The van der Waals surface area contributed by atoms with Crippen LogP contribution in [0.5, 0.6) is 0 Å². The zero-order valence-corrected chi connectivity index (χ0v) is 19.4. The van der Waals surface area contributed by atoms with Crippen LogP contribution in [0.4, 0.5) is 0 Å². The minimum atomic E-state index is 0. The van der Waals surface area contributed by atoms with E-state index in [1.807, 2.05) is 7.05 Å². The minimum Gasteiger partial charge on any atom is -0.385 e. The summed E-state index contributed by atoms with van der Waals surface area (Å²) in [5.74, 6) is 0.894. The van der Waals surface area contributed by atoms with Crippen molar-refractivity contribution in [2.45, 2.75) is 51.9 Å². The average molecular weight is 473 g/mol. The van der Waals surface area contributed by atoms with Crippen molar-refractivity contribution in [1.82, 2.24) is 10.6 Å². The Kier molecular flexibility index (Phi) is 9.38. The highest BCUT2D eigenvalue weighted by Gasteiger charge is 2.36. The van der Waals surface area contributed by atoms with E-state index in [1.165, 1.54) is 30.4 Å². The van der Waals surface area contributed by atoms with Gasteiger partial charge in [-0.1, -0.05) is 44.5 Å². The molecule has 0 unspecified atom stereocenters. The van der Waals surface area contributed by atoms with E-state index in [0.717, 1.165) is 32.1 Å². The minimum absolute atomic E-state index is 0. The molecule has 0 aromatic heterocycles. The molecule has 1 aromatic carbocycles. The van der Waals surface area contributed by atoms with E-state index in [2.05, 4.69) is 60.7 Å². The van der Waals surface area contributed by atoms with Crippen molar-refractivity contribution in [2.24, 2.45) is 10.4 Å². The van der Waals surface area contributed by atoms with Crippen molar-refractivity contribution in [3.05, 3.63) is 35.4 Å². The van der Waals surface area contributed by atoms with Crippen LogP contribution in [0.2, 0.25) is 0 Å². The van der Waals surface area contributed by atoms with E-state index in [1.54, 1.807) is 7.11 Å². The number of aliphatic imine (C=N–C) groups is 1. The zero-order valence-electron chi connectivity index (χ0n) is 17.0. The summed E-state index contributed by atoms with van der Waals surface area (Å²) in [6.45, 7) is 9.40. The summed E-state index contributed by atoms with van der Waals surface area (Å²) in [5, 5.41) is 7.06. The average Bonchev–Trinajstić information content (AvgIpc) is 2.56. The summed E-state index contributed by atoms with van der Waals surface area (Å²) in [6, 6.07) is 8.62. The maximum Gasteiger partial charge on any atom is 0.191 e. The number of benzene rings is 1. The zero-order chi connectivity index (χ0) is 18.3. The van der Waals surface area contributed by atoms with Gasteiger partial charge in [0.25, 0.3) is 0 Å². The predicted octanol–water partition coefficient (Wildman–Crippen LogP) is 4.26. The van der Waals surface area contributed by atoms with E-state index in [0.29, 0.717) is 5.41 Å². The second-order valence-electron chi connectivity index (χ2n) is 8.07. The van der Waals surface area contributed by atoms with Gasteiger partial charge in [0.15, 0.2) is 5.96 Å². The molecule has 1 aromatic rings. The predicted molar refractivity (Wildman–Crippen MR) is 122 cm³/mol. The first kappa shape index (κ1) is 23.2. The van der Waals surface area contributed by atoms with Crippen molar-refractivity contribution in [3.63, 3.8) is 0 Å². The third kappa shape index (κ3) is 6.12. The van der Waals surface area contributed by atoms with Gasteiger partial charge in [-0.25, -0.2) is 0 Å². The maximum atomic E-state index is 5.29. The van der Waals surface area contributed by atoms with Gasteiger partial charge in [0, 0.05) is 39.3 Å². The molecule has 0 atom stereocenters. The first-order chi connectivity index (χ1) is 11.9. The number of aryl methyl sites for hydroxylation is 1. The maximum absolute atomic E-state index is 5.29. The second-order valence-corrected chi connectivity index (χ2v) is 8.07. The van der Waals surface area contributed by atoms with E-state index in [-0.39, 0.29) is 29.4 Å². The number of halogens is 1. The van der Waals surface area contributed by atoms with Gasteiger partial charge in [0.05, 0.1) is 0 Å². The summed E-state index contributed by atoms with van der Waals surface area (Å²) < 4.78 is 5.29. The highest BCUT2D eigenvalue weighted by molar-refractivity contribution is 14.0. The Morgan fingerprint density at radius 2 is 1.92 bits per heavy atom. The molecule has 4 nitrogen and oxygen atoms in total. The van der Waals surface area contributed by atoms with E-state index < -0.39 is 0 Å². The fourth-order valence-corrected chi connectivity index (χ4v) is 3.73. The van der Waals surface area contributed by atoms with E-state index >= 15 is 0 Å². The molecule has 148 valence electrons. The summed E-state index contributed by atoms with van der Waals surface area (Å²) in [7, 11) is 3.63. The summed E-state index contributed by atoms with van der Waals surface area (Å²) in [4.78, 5) is 4.41. The van der Waals surface area contributed by atoms with Gasteiger partial charge in [-0.2, -0.15) is 0 Å². The smallest absolute Gasteiger partial charge is 0.191 e. The Labute approximate surface area is 176 Å². The summed E-state index contributed by atoms with van der Waals surface area (Å²) in [6.07, 6.45) is 5.03. The SMILES string of the molecule is CN=C(NCC1(CCOC)CCC1)NCC(C)(C)c1ccccc1C.I. The van der Waals surface area contributed by atoms with Crippen LogP contribution in [0.25, 0.3) is 0 Å². The molecule has 1 aliphatic rings. The summed E-state index contributed by atoms with van der Waals surface area (Å²) >= 11 is 0. The first-order valence-electron chi connectivity index (χ1n) is 9.42. The number of guanidine groups is 1. The lowest BCUT2D eigenvalue weighted by atomic mass is 9.67. The van der Waals surface area contributed by atoms with Crippen LogP contribution < -0.4 is 10.6 Å². The van der Waals surface area contributed by atoms with Crippen LogP contribution in [0.3, 0.4) is 0 Å². The van der Waals surface area contributed by atoms with E-state index in [4.69, 9.17) is 4.74 Å². The standard InChI is InChI=1S/C21H35N3O.HI/c1-17-9-6-7-10-18(17)20(2,3)15-23-19(22-4)24-16-21(11-8-12-21)13-14-25-5;/h6-7,9-10H,8,11-16H2,1-5H3,(H2,22,23,24);1H. The number of rotatable bonds is 8. The number of hydrogen-bond donors (Lipinski definition) is 2. The molecule has 0 radical (unpaired) electrons. The van der Waals surface area contributed by atoms with Gasteiger partial charge in [0.1, 0.15) is 0 Å². The van der Waals surface area contributed by atoms with Crippen molar-refractivity contribution < 1.29 is 4.74 Å². The molecule has 2 rings (SSSR count). The highest BCUT2D eigenvalue weighted by Crippen LogP contribution is 2.43. The fourth-order valence-electron chi connectivity index (χ4n) is 3.73. The monoisotopic (exact) mass is 473 g/mol. The quantitative estimate of drug-likeness (QED) is 0.337. The Morgan fingerprint density at radius 3 is 2.46 bits per heavy atom. The lowest BCUT2D eigenvalue weighted by Gasteiger charge is -2.42. The van der Waals surface area contributed by atoms with Crippen molar-refractivity contribution in [1.29, 1.82) is 0 Å². The van der Waals surface area contributed by atoms with Gasteiger partial charge in [-0.15, -0.1) is 24.0 Å². The number of methoxy groups -OCH3 is 1. The lowest BCUT2D eigenvalue weighted by molar-refractivity contribution is 0.0732. The molecular weight excluding hydrogens is 437 g/mol. The molecular formula is C21H36IN3O. The molecule has 0 heterocycles. The number of ether oxygens (including phenoxy) is 1. The van der Waals surface area contributed by atoms with Gasteiger partial charge >= 0.3 is 0 Å². The van der Waals surface area contributed by atoms with Crippen LogP contribution in [-0.2, 0) is 10.2 Å². The molecule has 1 saturated carbocycles. The van der Waals surface area contributed by atoms with Crippen molar-refractivity contribution in [3.8, 4) is 0 Å². The van der Waals surface area contributed by atoms with Gasteiger partial charge in [-0.05, 0) is 42.7 Å². The lowest BCUT2D eigenvalue weighted by Crippen LogP contribution is -2.49. The Hall–Kier alpha value is -0.820. The molecule has 1 aliphatic carbocycles. The van der Waals surface area contributed by atoms with Crippen LogP contribution >= 0.6 is 24.0 Å². The first-order valence-corrected chi connectivity index (χ1v) is 9.42. The fraction of sp³-hybridized carbons (Fsp3) is 0.667. The van der Waals surface area contributed by atoms with Gasteiger partial charge < -0.3 is 15.4 Å². The Morgan fingerprint density at radius 1 is 1.23 bits per heavy atom. The van der Waals surface area contributed by atoms with Crippen LogP contribution in [-0.4, -0.2) is 39.8 Å². The third-order valence-corrected chi connectivity index (χ3v) is 5.68. The Balaban J connectivity index is 0.00000338. The Bertz CT molecular complexity index is 582. The number of nitrogens with one attached hydrogen (secondary N) is 2. The van der Waals surface area contributed by atoms with Gasteiger partial charge in [-0.3, -0.25) is 4.99 Å². The third-order valence-electron chi connectivity index (χ3n) is 5.68.